The van der Waals surface area contributed by atoms with Crippen LogP contribution in [0.3, 0.4) is 0 Å². The van der Waals surface area contributed by atoms with Gasteiger partial charge >= 0.3 is 0 Å². The molecule has 0 spiro atoms. The van der Waals surface area contributed by atoms with E-state index in [1.807, 2.05) is 30.3 Å². The second kappa shape index (κ2) is 7.13. The van der Waals surface area contributed by atoms with Crippen LogP contribution in [-0.4, -0.2) is 19.9 Å². The van der Waals surface area contributed by atoms with E-state index in [0.29, 0.717) is 10.9 Å². The fourth-order valence-electron chi connectivity index (χ4n) is 1.84. The second-order valence-corrected chi connectivity index (χ2v) is 7.23. The highest BCUT2D eigenvalue weighted by Gasteiger charge is 2.15. The zero-order chi connectivity index (χ0) is 15.3. The van der Waals surface area contributed by atoms with Crippen molar-refractivity contribution >= 4 is 26.0 Å². The van der Waals surface area contributed by atoms with Crippen molar-refractivity contribution in [2.45, 2.75) is 17.4 Å². The maximum Gasteiger partial charge on any atom is 0.242 e. The molecule has 0 bridgehead atoms. The molecule has 1 atom stereocenters. The smallest absolute Gasteiger partial charge is 0.242 e. The van der Waals surface area contributed by atoms with Gasteiger partial charge < -0.3 is 5.73 Å². The van der Waals surface area contributed by atoms with E-state index in [1.54, 1.807) is 0 Å². The van der Waals surface area contributed by atoms with Crippen LogP contribution < -0.4 is 10.5 Å². The lowest BCUT2D eigenvalue weighted by Crippen LogP contribution is -2.27. The molecule has 1 aromatic heterocycles. The lowest BCUT2D eigenvalue weighted by Gasteiger charge is -2.12. The molecule has 0 fully saturated rings. The van der Waals surface area contributed by atoms with Crippen LogP contribution >= 0.6 is 15.9 Å². The van der Waals surface area contributed by atoms with Crippen molar-refractivity contribution in [1.29, 1.82) is 0 Å². The normalized spacial score (nSPS) is 13.0. The Morgan fingerprint density at radius 2 is 1.95 bits per heavy atom. The lowest BCUT2D eigenvalue weighted by atomic mass is 10.1. The largest absolute Gasteiger partial charge is 0.324 e. The molecular weight excluding hydrogens is 354 g/mol. The zero-order valence-corrected chi connectivity index (χ0v) is 13.6. The van der Waals surface area contributed by atoms with Crippen molar-refractivity contribution in [3.63, 3.8) is 0 Å². The Morgan fingerprint density at radius 1 is 1.24 bits per heavy atom. The Bertz CT molecular complexity index is 692. The number of rotatable bonds is 6. The number of nitrogens with zero attached hydrogens (tertiary/aromatic N) is 1. The van der Waals surface area contributed by atoms with Crippen LogP contribution in [0.2, 0.25) is 0 Å². The van der Waals surface area contributed by atoms with E-state index < -0.39 is 10.0 Å². The third-order valence-electron chi connectivity index (χ3n) is 2.97. The van der Waals surface area contributed by atoms with Crippen molar-refractivity contribution in [3.05, 3.63) is 58.8 Å². The van der Waals surface area contributed by atoms with E-state index in [-0.39, 0.29) is 17.5 Å². The molecule has 0 aliphatic carbocycles. The van der Waals surface area contributed by atoms with Crippen molar-refractivity contribution in [3.8, 4) is 0 Å². The Kier molecular flexibility index (Phi) is 5.46. The van der Waals surface area contributed by atoms with Crippen LogP contribution in [0.5, 0.6) is 0 Å². The number of aromatic nitrogens is 1. The van der Waals surface area contributed by atoms with Gasteiger partial charge in [-0.3, -0.25) is 4.98 Å². The molecule has 0 saturated carbocycles. The number of hydrogen-bond acceptors (Lipinski definition) is 4. The molecule has 0 aliphatic heterocycles. The summed E-state index contributed by atoms with van der Waals surface area (Å²) in [5.41, 5.74) is 7.02. The summed E-state index contributed by atoms with van der Waals surface area (Å²) < 4.78 is 27.3. The zero-order valence-electron chi connectivity index (χ0n) is 11.2. The minimum atomic E-state index is -3.56. The van der Waals surface area contributed by atoms with Crippen molar-refractivity contribution < 1.29 is 8.42 Å². The van der Waals surface area contributed by atoms with Gasteiger partial charge in [-0.05, 0) is 34.0 Å². The predicted molar refractivity (Wildman–Crippen MR) is 85.1 cm³/mol. The molecule has 1 unspecified atom stereocenters. The van der Waals surface area contributed by atoms with Gasteiger partial charge in [-0.2, -0.15) is 0 Å². The topological polar surface area (TPSA) is 85.1 Å². The maximum atomic E-state index is 12.1. The third kappa shape index (κ3) is 4.60. The molecule has 1 heterocycles. The van der Waals surface area contributed by atoms with Gasteiger partial charge in [-0.25, -0.2) is 13.1 Å². The molecule has 5 nitrogen and oxygen atoms in total. The molecule has 0 radical (unpaired) electrons. The van der Waals surface area contributed by atoms with Crippen LogP contribution in [0.1, 0.15) is 18.0 Å². The molecule has 0 aliphatic rings. The number of halogens is 1. The van der Waals surface area contributed by atoms with Gasteiger partial charge in [0.25, 0.3) is 0 Å². The van der Waals surface area contributed by atoms with Gasteiger partial charge in [-0.15, -0.1) is 0 Å². The standard InChI is InChI=1S/C14H16BrN3O2S/c15-12-8-13(10-17-9-12)21(19,20)18-7-6-14(16)11-4-2-1-3-5-11/h1-5,8-10,14,18H,6-7,16H2. The number of nitrogens with one attached hydrogen (secondary N) is 1. The van der Waals surface area contributed by atoms with Gasteiger partial charge in [0.05, 0.1) is 0 Å². The number of benzene rings is 1. The predicted octanol–water partition coefficient (Wildman–Crippen LogP) is 2.21. The average molecular weight is 370 g/mol. The van der Waals surface area contributed by atoms with Crippen molar-refractivity contribution in [2.24, 2.45) is 5.73 Å². The molecule has 0 amide bonds. The van der Waals surface area contributed by atoms with Crippen LogP contribution in [-0.2, 0) is 10.0 Å². The Morgan fingerprint density at radius 3 is 2.62 bits per heavy atom. The first-order chi connectivity index (χ1) is 9.99. The molecule has 1 aromatic carbocycles. The summed E-state index contributed by atoms with van der Waals surface area (Å²) in [6.45, 7) is 0.269. The van der Waals surface area contributed by atoms with Crippen LogP contribution in [0, 0.1) is 0 Å². The van der Waals surface area contributed by atoms with Crippen molar-refractivity contribution in [1.82, 2.24) is 9.71 Å². The summed E-state index contributed by atoms with van der Waals surface area (Å²) in [6.07, 6.45) is 3.36. The molecule has 21 heavy (non-hydrogen) atoms. The summed E-state index contributed by atoms with van der Waals surface area (Å²) in [5.74, 6) is 0. The first kappa shape index (κ1) is 16.1. The molecule has 3 N–H and O–H groups in total. The van der Waals surface area contributed by atoms with E-state index in [1.165, 1.54) is 18.5 Å². The lowest BCUT2D eigenvalue weighted by molar-refractivity contribution is 0.569. The minimum Gasteiger partial charge on any atom is -0.324 e. The van der Waals surface area contributed by atoms with E-state index in [9.17, 15) is 8.42 Å². The molecule has 2 aromatic rings. The maximum absolute atomic E-state index is 12.1. The fraction of sp³-hybridized carbons (Fsp3) is 0.214. The van der Waals surface area contributed by atoms with E-state index in [4.69, 9.17) is 5.73 Å². The summed E-state index contributed by atoms with van der Waals surface area (Å²) in [5, 5.41) is 0. The Labute approximate surface area is 132 Å². The van der Waals surface area contributed by atoms with E-state index >= 15 is 0 Å². The monoisotopic (exact) mass is 369 g/mol. The second-order valence-electron chi connectivity index (χ2n) is 4.54. The number of sulfonamides is 1. The SMILES string of the molecule is NC(CCNS(=O)(=O)c1cncc(Br)c1)c1ccccc1. The van der Waals surface area contributed by atoms with Gasteiger partial charge in [0, 0.05) is 29.5 Å². The quantitative estimate of drug-likeness (QED) is 0.817. The van der Waals surface area contributed by atoms with Gasteiger partial charge in [0.15, 0.2) is 0 Å². The Balaban J connectivity index is 1.94. The summed E-state index contributed by atoms with van der Waals surface area (Å²) in [7, 11) is -3.56. The number of pyridine rings is 1. The fourth-order valence-corrected chi connectivity index (χ4v) is 3.39. The summed E-state index contributed by atoms with van der Waals surface area (Å²) >= 11 is 3.20. The van der Waals surface area contributed by atoms with Crippen LogP contribution in [0.25, 0.3) is 0 Å². The van der Waals surface area contributed by atoms with Crippen LogP contribution in [0.15, 0.2) is 58.2 Å². The van der Waals surface area contributed by atoms with Gasteiger partial charge in [0.2, 0.25) is 10.0 Å². The van der Waals surface area contributed by atoms with Gasteiger partial charge in [-0.1, -0.05) is 30.3 Å². The third-order valence-corrected chi connectivity index (χ3v) is 4.83. The summed E-state index contributed by atoms with van der Waals surface area (Å²) in [4.78, 5) is 3.98. The molecule has 0 saturated heterocycles. The first-order valence-electron chi connectivity index (χ1n) is 6.40. The molecule has 2 rings (SSSR count). The van der Waals surface area contributed by atoms with Crippen molar-refractivity contribution in [2.75, 3.05) is 6.54 Å². The van der Waals surface area contributed by atoms with Gasteiger partial charge in [0.1, 0.15) is 4.90 Å². The summed E-state index contributed by atoms with van der Waals surface area (Å²) in [6, 6.07) is 10.9. The van der Waals surface area contributed by atoms with E-state index in [2.05, 4.69) is 25.6 Å². The minimum absolute atomic E-state index is 0.130. The average Bonchev–Trinajstić information content (AvgIpc) is 2.48. The molecule has 7 heteroatoms. The highest BCUT2D eigenvalue weighted by atomic mass is 79.9. The number of hydrogen-bond donors (Lipinski definition) is 2. The van der Waals surface area contributed by atoms with E-state index in [0.717, 1.165) is 5.56 Å². The highest BCUT2D eigenvalue weighted by molar-refractivity contribution is 9.10. The molecule has 112 valence electrons. The van der Waals surface area contributed by atoms with Crippen LogP contribution in [0.4, 0.5) is 0 Å². The number of nitrogens with two attached hydrogens (primary N) is 1. The molecular formula is C14H16BrN3O2S. The first-order valence-corrected chi connectivity index (χ1v) is 8.67. The Hall–Kier alpha value is -1.28. The highest BCUT2D eigenvalue weighted by Crippen LogP contribution is 2.15.